The first-order valence-corrected chi connectivity index (χ1v) is 7.87. The van der Waals surface area contributed by atoms with Gasteiger partial charge in [-0.15, -0.1) is 15.9 Å². The summed E-state index contributed by atoms with van der Waals surface area (Å²) in [5.41, 5.74) is 0.357. The van der Waals surface area contributed by atoms with E-state index in [-0.39, 0.29) is 5.70 Å². The first kappa shape index (κ1) is 15.9. The lowest BCUT2D eigenvalue weighted by Crippen LogP contribution is -2.39. The molecular formula is C17H14NO5S+. The lowest BCUT2D eigenvalue weighted by molar-refractivity contribution is -0.549. The number of carbonyl (C=O) groups is 2. The molecular weight excluding hydrogens is 330 g/mol. The van der Waals surface area contributed by atoms with Crippen molar-refractivity contribution in [1.82, 2.24) is 0 Å². The Labute approximate surface area is 141 Å². The van der Waals surface area contributed by atoms with E-state index in [1.807, 2.05) is 23.6 Å². The summed E-state index contributed by atoms with van der Waals surface area (Å²) in [6, 6.07) is 9.37. The fourth-order valence-electron chi connectivity index (χ4n) is 2.53. The Balaban J connectivity index is 2.43. The van der Waals surface area contributed by atoms with Crippen LogP contribution in [0.2, 0.25) is 0 Å². The molecule has 3 rings (SSSR count). The second kappa shape index (κ2) is 6.29. The van der Waals surface area contributed by atoms with Crippen LogP contribution < -0.4 is 4.57 Å². The van der Waals surface area contributed by atoms with E-state index in [0.29, 0.717) is 5.52 Å². The van der Waals surface area contributed by atoms with Crippen molar-refractivity contribution in [3.05, 3.63) is 47.7 Å². The van der Waals surface area contributed by atoms with Crippen LogP contribution in [-0.4, -0.2) is 31.3 Å². The summed E-state index contributed by atoms with van der Waals surface area (Å²) in [6.45, 7) is 0. The van der Waals surface area contributed by atoms with Crippen LogP contribution in [0.5, 0.6) is 0 Å². The molecule has 0 aliphatic rings. The first-order valence-electron chi connectivity index (χ1n) is 6.99. The highest BCUT2D eigenvalue weighted by Crippen LogP contribution is 2.27. The molecule has 6 nitrogen and oxygen atoms in total. The summed E-state index contributed by atoms with van der Waals surface area (Å²) in [6.07, 6.45) is 1.69. The predicted molar refractivity (Wildman–Crippen MR) is 89.4 cm³/mol. The molecule has 0 atom stereocenters. The van der Waals surface area contributed by atoms with E-state index in [1.54, 1.807) is 18.3 Å². The zero-order valence-corrected chi connectivity index (χ0v) is 13.8. The van der Waals surface area contributed by atoms with Crippen molar-refractivity contribution in [2.24, 2.45) is 0 Å². The zero-order valence-electron chi connectivity index (χ0n) is 13.0. The van der Waals surface area contributed by atoms with Crippen molar-refractivity contribution < 1.29 is 28.7 Å². The van der Waals surface area contributed by atoms with Gasteiger partial charge in [0.15, 0.2) is 6.20 Å². The predicted octanol–water partition coefficient (Wildman–Crippen LogP) is 2.41. The molecule has 0 aliphatic carbocycles. The summed E-state index contributed by atoms with van der Waals surface area (Å²) in [4.78, 5) is 24.0. The molecule has 24 heavy (non-hydrogen) atoms. The summed E-state index contributed by atoms with van der Waals surface area (Å²) >= 11 is 1.49. The second-order valence-corrected chi connectivity index (χ2v) is 5.84. The van der Waals surface area contributed by atoms with Crippen LogP contribution >= 0.6 is 11.3 Å². The number of methoxy groups -OCH3 is 2. The van der Waals surface area contributed by atoms with Crippen LogP contribution in [0.3, 0.4) is 0 Å². The highest BCUT2D eigenvalue weighted by atomic mass is 32.1. The number of thiophene rings is 1. The standard InChI is InChI=1S/C17H13NO5S/c1-22-16(20)14(15(19)17(21)23-2)18-9-13-11(7-8-24-13)10-5-3-4-6-12(10)18/h3-9H,1-2H3/p+1. The monoisotopic (exact) mass is 344 g/mol. The number of aromatic nitrogens is 1. The number of rotatable bonds is 3. The van der Waals surface area contributed by atoms with Crippen LogP contribution in [0, 0.1) is 0 Å². The maximum atomic E-state index is 12.2. The van der Waals surface area contributed by atoms with E-state index >= 15 is 0 Å². The number of hydrogen-bond donors (Lipinski definition) is 1. The van der Waals surface area contributed by atoms with Crippen LogP contribution in [0.15, 0.2) is 47.7 Å². The van der Waals surface area contributed by atoms with Crippen LogP contribution in [0.4, 0.5) is 0 Å². The number of ether oxygens (including phenoxy) is 2. The van der Waals surface area contributed by atoms with E-state index < -0.39 is 17.7 Å². The van der Waals surface area contributed by atoms with Crippen molar-refractivity contribution in [2.75, 3.05) is 14.2 Å². The number of aliphatic hydroxyl groups is 1. The number of nitrogens with zero attached hydrogens (tertiary/aromatic N) is 1. The molecule has 122 valence electrons. The van der Waals surface area contributed by atoms with E-state index in [4.69, 9.17) is 4.74 Å². The fraction of sp³-hybridized carbons (Fsp3) is 0.118. The molecule has 0 saturated carbocycles. The summed E-state index contributed by atoms with van der Waals surface area (Å²) in [7, 11) is 2.30. The van der Waals surface area contributed by atoms with Crippen LogP contribution in [0.25, 0.3) is 26.7 Å². The third-order valence-electron chi connectivity index (χ3n) is 3.62. The Hall–Kier alpha value is -2.93. The van der Waals surface area contributed by atoms with Crippen molar-refractivity contribution in [3.63, 3.8) is 0 Å². The number of benzene rings is 1. The molecule has 0 fully saturated rings. The highest BCUT2D eigenvalue weighted by molar-refractivity contribution is 7.17. The number of esters is 2. The zero-order chi connectivity index (χ0) is 17.3. The third kappa shape index (κ3) is 2.48. The molecule has 2 heterocycles. The van der Waals surface area contributed by atoms with E-state index in [2.05, 4.69) is 4.74 Å². The number of carbonyl (C=O) groups excluding carboxylic acids is 2. The minimum atomic E-state index is -1.02. The van der Waals surface area contributed by atoms with Gasteiger partial charge in [0.1, 0.15) is 0 Å². The SMILES string of the molecule is COC(=O)/C(O)=C(/C(=O)OC)[n+]1cc2sccc2c2ccccc21. The number of pyridine rings is 1. The van der Waals surface area contributed by atoms with E-state index in [9.17, 15) is 14.7 Å². The van der Waals surface area contributed by atoms with Crippen molar-refractivity contribution in [2.45, 2.75) is 0 Å². The normalized spacial score (nSPS) is 12.1. The van der Waals surface area contributed by atoms with Crippen molar-refractivity contribution in [1.29, 1.82) is 0 Å². The maximum absolute atomic E-state index is 12.2. The summed E-state index contributed by atoms with van der Waals surface area (Å²) < 4.78 is 11.6. The van der Waals surface area contributed by atoms with E-state index in [0.717, 1.165) is 22.6 Å². The van der Waals surface area contributed by atoms with Gasteiger partial charge in [-0.1, -0.05) is 12.1 Å². The van der Waals surface area contributed by atoms with Gasteiger partial charge in [0.05, 0.1) is 24.3 Å². The molecule has 2 aromatic heterocycles. The fourth-order valence-corrected chi connectivity index (χ4v) is 3.35. The average molecular weight is 344 g/mol. The Morgan fingerprint density at radius 1 is 1.04 bits per heavy atom. The van der Waals surface area contributed by atoms with Gasteiger partial charge in [0, 0.05) is 11.5 Å². The molecule has 0 aliphatic heterocycles. The molecule has 0 bridgehead atoms. The van der Waals surface area contributed by atoms with Crippen molar-refractivity contribution in [3.8, 4) is 0 Å². The Kier molecular flexibility index (Phi) is 4.18. The average Bonchev–Trinajstić information content (AvgIpc) is 3.09. The van der Waals surface area contributed by atoms with E-state index in [1.165, 1.54) is 23.0 Å². The largest absolute Gasteiger partial charge is 0.497 e. The quantitative estimate of drug-likeness (QED) is 0.342. The lowest BCUT2D eigenvalue weighted by atomic mass is 10.1. The van der Waals surface area contributed by atoms with Crippen LogP contribution in [-0.2, 0) is 19.1 Å². The number of fused-ring (bicyclic) bond motifs is 3. The Morgan fingerprint density at radius 3 is 2.46 bits per heavy atom. The van der Waals surface area contributed by atoms with Crippen LogP contribution in [0.1, 0.15) is 0 Å². The first-order chi connectivity index (χ1) is 11.6. The van der Waals surface area contributed by atoms with Crippen molar-refractivity contribution >= 4 is 50.0 Å². The summed E-state index contributed by atoms with van der Waals surface area (Å²) in [5.74, 6) is -2.67. The molecule has 1 N–H and O–H groups in total. The molecule has 0 amide bonds. The van der Waals surface area contributed by atoms with Gasteiger partial charge < -0.3 is 14.6 Å². The molecule has 3 aromatic rings. The molecule has 0 spiro atoms. The molecule has 7 heteroatoms. The molecule has 0 radical (unpaired) electrons. The number of para-hydroxylation sites is 1. The minimum Gasteiger partial charge on any atom is -0.497 e. The topological polar surface area (TPSA) is 76.7 Å². The lowest BCUT2D eigenvalue weighted by Gasteiger charge is -2.06. The Bertz CT molecular complexity index is 989. The number of aliphatic hydroxyl groups excluding tert-OH is 1. The molecule has 0 unspecified atom stereocenters. The van der Waals surface area contributed by atoms with Gasteiger partial charge in [0.2, 0.25) is 5.52 Å². The van der Waals surface area contributed by atoms with Gasteiger partial charge in [-0.2, -0.15) is 0 Å². The van der Waals surface area contributed by atoms with Gasteiger partial charge in [-0.05, 0) is 17.5 Å². The minimum absolute atomic E-state index is 0.296. The number of hydrogen-bond acceptors (Lipinski definition) is 6. The third-order valence-corrected chi connectivity index (χ3v) is 4.47. The highest BCUT2D eigenvalue weighted by Gasteiger charge is 2.34. The van der Waals surface area contributed by atoms with Gasteiger partial charge in [0.25, 0.3) is 5.76 Å². The second-order valence-electron chi connectivity index (χ2n) is 4.90. The van der Waals surface area contributed by atoms with Gasteiger partial charge in [-0.25, -0.2) is 9.59 Å². The van der Waals surface area contributed by atoms with Gasteiger partial charge >= 0.3 is 17.6 Å². The maximum Gasteiger partial charge on any atom is 0.408 e. The Morgan fingerprint density at radius 2 is 1.75 bits per heavy atom. The molecule has 1 aromatic carbocycles. The molecule has 0 saturated heterocycles. The smallest absolute Gasteiger partial charge is 0.408 e. The van der Waals surface area contributed by atoms with Gasteiger partial charge in [-0.3, -0.25) is 0 Å². The summed E-state index contributed by atoms with van der Waals surface area (Å²) in [5, 5.41) is 14.0.